The third kappa shape index (κ3) is 2.91. The molecule has 0 unspecified atom stereocenters. The van der Waals surface area contributed by atoms with E-state index in [2.05, 4.69) is 5.10 Å². The van der Waals surface area contributed by atoms with Crippen molar-refractivity contribution in [1.29, 1.82) is 0 Å². The first-order chi connectivity index (χ1) is 9.95. The van der Waals surface area contributed by atoms with Gasteiger partial charge in [-0.1, -0.05) is 0 Å². The van der Waals surface area contributed by atoms with E-state index in [0.717, 1.165) is 5.69 Å². The van der Waals surface area contributed by atoms with Crippen LogP contribution in [0.1, 0.15) is 35.9 Å². The number of hydrogen-bond acceptors (Lipinski definition) is 4. The Hall–Kier alpha value is -2.30. The lowest BCUT2D eigenvalue weighted by molar-refractivity contribution is 0.102. The highest BCUT2D eigenvalue weighted by atomic mass is 16.5. The number of nitrogens with zero attached hydrogens (tertiary/aromatic N) is 3. The molecule has 2 rings (SSSR count). The number of benzene rings is 1. The zero-order chi connectivity index (χ0) is 15.6. The van der Waals surface area contributed by atoms with Gasteiger partial charge in [-0.25, -0.2) is 0 Å². The first-order valence-corrected chi connectivity index (χ1v) is 6.89. The maximum absolute atomic E-state index is 12.7. The van der Waals surface area contributed by atoms with Crippen LogP contribution in [0.25, 0.3) is 0 Å². The number of ketones is 1. The van der Waals surface area contributed by atoms with Gasteiger partial charge in [0.15, 0.2) is 11.4 Å². The van der Waals surface area contributed by atoms with Crippen LogP contribution in [-0.2, 0) is 0 Å². The Labute approximate surface area is 125 Å². The van der Waals surface area contributed by atoms with Crippen LogP contribution in [0.15, 0.2) is 30.5 Å². The fourth-order valence-corrected chi connectivity index (χ4v) is 2.15. The van der Waals surface area contributed by atoms with E-state index in [0.29, 0.717) is 17.0 Å². The second-order valence-corrected chi connectivity index (χ2v) is 5.37. The van der Waals surface area contributed by atoms with Crippen molar-refractivity contribution in [3.63, 3.8) is 0 Å². The number of methoxy groups -OCH3 is 1. The quantitative estimate of drug-likeness (QED) is 0.793. The molecule has 0 aliphatic carbocycles. The largest absolute Gasteiger partial charge is 0.493 e. The number of hydrogen-bond donors (Lipinski definition) is 0. The van der Waals surface area contributed by atoms with Gasteiger partial charge in [-0.2, -0.15) is 5.10 Å². The fraction of sp³-hybridized carbons (Fsp3) is 0.375. The molecule has 0 aliphatic rings. The number of carbonyl (C=O) groups is 1. The molecule has 0 radical (unpaired) electrons. The van der Waals surface area contributed by atoms with Gasteiger partial charge in [0.2, 0.25) is 5.78 Å². The smallest absolute Gasteiger partial charge is 0.214 e. The van der Waals surface area contributed by atoms with Crippen molar-refractivity contribution in [2.45, 2.75) is 19.9 Å². The van der Waals surface area contributed by atoms with Crippen LogP contribution < -0.4 is 9.64 Å². The summed E-state index contributed by atoms with van der Waals surface area (Å²) >= 11 is 0. The maximum Gasteiger partial charge on any atom is 0.214 e. The minimum absolute atomic E-state index is 0.0802. The van der Waals surface area contributed by atoms with Crippen molar-refractivity contribution in [1.82, 2.24) is 9.78 Å². The molecule has 0 spiro atoms. The Morgan fingerprint density at radius 2 is 1.86 bits per heavy atom. The van der Waals surface area contributed by atoms with Gasteiger partial charge < -0.3 is 9.64 Å². The SMILES string of the molecule is COc1cnn(C(C)C)c1C(=O)c1ccc(N(C)C)cc1. The van der Waals surface area contributed by atoms with Gasteiger partial charge in [0.1, 0.15) is 0 Å². The molecule has 1 aromatic carbocycles. The van der Waals surface area contributed by atoms with Gasteiger partial charge in [0, 0.05) is 31.4 Å². The molecule has 0 N–H and O–H groups in total. The van der Waals surface area contributed by atoms with Crippen molar-refractivity contribution >= 4 is 11.5 Å². The molecule has 0 atom stereocenters. The van der Waals surface area contributed by atoms with Gasteiger partial charge in [0.05, 0.1) is 13.3 Å². The predicted molar refractivity (Wildman–Crippen MR) is 83.4 cm³/mol. The van der Waals surface area contributed by atoms with E-state index >= 15 is 0 Å². The summed E-state index contributed by atoms with van der Waals surface area (Å²) in [7, 11) is 5.48. The summed E-state index contributed by atoms with van der Waals surface area (Å²) in [6, 6.07) is 7.60. The first kappa shape index (κ1) is 15.1. The average molecular weight is 287 g/mol. The lowest BCUT2D eigenvalue weighted by atomic mass is 10.1. The highest BCUT2D eigenvalue weighted by molar-refractivity contribution is 6.09. The highest BCUT2D eigenvalue weighted by Crippen LogP contribution is 2.25. The second-order valence-electron chi connectivity index (χ2n) is 5.37. The molecule has 5 heteroatoms. The number of rotatable bonds is 5. The Kier molecular flexibility index (Phi) is 4.31. The van der Waals surface area contributed by atoms with Gasteiger partial charge in [-0.05, 0) is 38.1 Å². The summed E-state index contributed by atoms with van der Waals surface area (Å²) < 4.78 is 6.96. The number of ether oxygens (including phenoxy) is 1. The average Bonchev–Trinajstić information content (AvgIpc) is 2.90. The second kappa shape index (κ2) is 5.99. The zero-order valence-corrected chi connectivity index (χ0v) is 13.1. The van der Waals surface area contributed by atoms with Crippen molar-refractivity contribution in [3.8, 4) is 5.75 Å². The van der Waals surface area contributed by atoms with E-state index < -0.39 is 0 Å². The number of carbonyl (C=O) groups excluding carboxylic acids is 1. The third-order valence-corrected chi connectivity index (χ3v) is 3.33. The molecule has 0 amide bonds. The van der Waals surface area contributed by atoms with Gasteiger partial charge >= 0.3 is 0 Å². The normalized spacial score (nSPS) is 10.8. The van der Waals surface area contributed by atoms with Crippen LogP contribution in [0.5, 0.6) is 5.75 Å². The molecule has 5 nitrogen and oxygen atoms in total. The van der Waals surface area contributed by atoms with Crippen molar-refractivity contribution < 1.29 is 9.53 Å². The standard InChI is InChI=1S/C16H21N3O2/c1-11(2)19-15(14(21-5)10-17-19)16(20)12-6-8-13(9-7-12)18(3)4/h6-11H,1-5H3. The lowest BCUT2D eigenvalue weighted by Gasteiger charge is -2.14. The first-order valence-electron chi connectivity index (χ1n) is 6.89. The molecule has 112 valence electrons. The van der Waals surface area contributed by atoms with Crippen molar-refractivity contribution in [2.75, 3.05) is 26.1 Å². The predicted octanol–water partition coefficient (Wildman–Crippen LogP) is 2.77. The molecule has 0 bridgehead atoms. The molecule has 0 aliphatic heterocycles. The van der Waals surface area contributed by atoms with E-state index in [-0.39, 0.29) is 11.8 Å². The highest BCUT2D eigenvalue weighted by Gasteiger charge is 2.22. The van der Waals surface area contributed by atoms with Gasteiger partial charge in [-0.3, -0.25) is 9.48 Å². The summed E-state index contributed by atoms with van der Waals surface area (Å²) in [5, 5.41) is 4.24. The monoisotopic (exact) mass is 287 g/mol. The van der Waals surface area contributed by atoms with Crippen molar-refractivity contribution in [3.05, 3.63) is 41.7 Å². The maximum atomic E-state index is 12.7. The number of anilines is 1. The van der Waals surface area contributed by atoms with Crippen LogP contribution in [-0.4, -0.2) is 36.8 Å². The summed E-state index contributed by atoms with van der Waals surface area (Å²) in [6.07, 6.45) is 1.58. The Morgan fingerprint density at radius 3 is 2.33 bits per heavy atom. The Balaban J connectivity index is 2.42. The molecule has 0 fully saturated rings. The molecular formula is C16H21N3O2. The fourth-order valence-electron chi connectivity index (χ4n) is 2.15. The van der Waals surface area contributed by atoms with Gasteiger partial charge in [0.25, 0.3) is 0 Å². The van der Waals surface area contributed by atoms with E-state index in [1.165, 1.54) is 0 Å². The van der Waals surface area contributed by atoms with Crippen LogP contribution in [0.4, 0.5) is 5.69 Å². The minimum atomic E-state index is -0.0802. The van der Waals surface area contributed by atoms with Crippen LogP contribution in [0.3, 0.4) is 0 Å². The summed E-state index contributed by atoms with van der Waals surface area (Å²) in [4.78, 5) is 14.7. The topological polar surface area (TPSA) is 47.4 Å². The van der Waals surface area contributed by atoms with E-state index in [4.69, 9.17) is 4.74 Å². The molecule has 1 heterocycles. The van der Waals surface area contributed by atoms with E-state index in [9.17, 15) is 4.79 Å². The summed E-state index contributed by atoms with van der Waals surface area (Å²) in [6.45, 7) is 3.97. The molecule has 21 heavy (non-hydrogen) atoms. The Bertz CT molecular complexity index is 627. The summed E-state index contributed by atoms with van der Waals surface area (Å²) in [5.41, 5.74) is 2.17. The Morgan fingerprint density at radius 1 is 1.24 bits per heavy atom. The molecule has 0 saturated carbocycles. The minimum Gasteiger partial charge on any atom is -0.493 e. The van der Waals surface area contributed by atoms with E-state index in [1.54, 1.807) is 18.0 Å². The number of aromatic nitrogens is 2. The summed E-state index contributed by atoms with van der Waals surface area (Å²) in [5.74, 6) is 0.425. The molecular weight excluding hydrogens is 266 g/mol. The van der Waals surface area contributed by atoms with E-state index in [1.807, 2.05) is 57.1 Å². The molecule has 1 aromatic heterocycles. The molecule has 2 aromatic rings. The van der Waals surface area contributed by atoms with Crippen LogP contribution in [0.2, 0.25) is 0 Å². The molecule has 0 saturated heterocycles. The van der Waals surface area contributed by atoms with Crippen LogP contribution in [0, 0.1) is 0 Å². The van der Waals surface area contributed by atoms with Crippen LogP contribution >= 0.6 is 0 Å². The van der Waals surface area contributed by atoms with Gasteiger partial charge in [-0.15, -0.1) is 0 Å². The van der Waals surface area contributed by atoms with Crippen molar-refractivity contribution in [2.24, 2.45) is 0 Å². The lowest BCUT2D eigenvalue weighted by Crippen LogP contribution is -2.14. The zero-order valence-electron chi connectivity index (χ0n) is 13.1. The third-order valence-electron chi connectivity index (χ3n) is 3.33.